The van der Waals surface area contributed by atoms with E-state index in [0.717, 1.165) is 13.2 Å². The lowest BCUT2D eigenvalue weighted by Gasteiger charge is -2.50. The van der Waals surface area contributed by atoms with Gasteiger partial charge in [0.2, 0.25) is 0 Å². The summed E-state index contributed by atoms with van der Waals surface area (Å²) < 4.78 is 5.97. The van der Waals surface area contributed by atoms with Crippen molar-refractivity contribution in [3.05, 3.63) is 0 Å². The van der Waals surface area contributed by atoms with Crippen LogP contribution in [0, 0.1) is 0 Å². The lowest BCUT2D eigenvalue weighted by Crippen LogP contribution is -2.61. The second kappa shape index (κ2) is 3.21. The maximum Gasteiger partial charge on any atom is 0.0809 e. The molecule has 1 heterocycles. The highest BCUT2D eigenvalue weighted by Gasteiger charge is 2.48. The first-order valence-electron chi connectivity index (χ1n) is 5.84. The van der Waals surface area contributed by atoms with Crippen LogP contribution in [0.1, 0.15) is 47.0 Å². The monoisotopic (exact) mass is 197 g/mol. The smallest absolute Gasteiger partial charge is 0.0809 e. The van der Waals surface area contributed by atoms with Crippen molar-refractivity contribution in [3.8, 4) is 0 Å². The minimum absolute atomic E-state index is 0.144. The third kappa shape index (κ3) is 1.59. The molecule has 0 radical (unpaired) electrons. The van der Waals surface area contributed by atoms with Crippen LogP contribution in [0.2, 0.25) is 0 Å². The van der Waals surface area contributed by atoms with Gasteiger partial charge < -0.3 is 4.74 Å². The lowest BCUT2D eigenvalue weighted by atomic mass is 9.92. The third-order valence-electron chi connectivity index (χ3n) is 3.86. The van der Waals surface area contributed by atoms with Gasteiger partial charge in [-0.15, -0.1) is 0 Å². The molecule has 14 heavy (non-hydrogen) atoms. The van der Waals surface area contributed by atoms with E-state index in [9.17, 15) is 0 Å². The molecular formula is C12H23NO. The molecule has 1 aliphatic carbocycles. The predicted molar refractivity (Wildman–Crippen MR) is 58.5 cm³/mol. The molecule has 0 spiro atoms. The van der Waals surface area contributed by atoms with E-state index < -0.39 is 0 Å². The highest BCUT2D eigenvalue weighted by atomic mass is 16.5. The Morgan fingerprint density at radius 3 is 2.71 bits per heavy atom. The Labute approximate surface area is 87.6 Å². The average molecular weight is 197 g/mol. The first-order chi connectivity index (χ1) is 6.43. The Kier molecular flexibility index (Phi) is 2.39. The Bertz CT molecular complexity index is 221. The summed E-state index contributed by atoms with van der Waals surface area (Å²) >= 11 is 0. The van der Waals surface area contributed by atoms with Crippen molar-refractivity contribution >= 4 is 0 Å². The fourth-order valence-electron chi connectivity index (χ4n) is 3.11. The molecule has 1 aliphatic heterocycles. The molecule has 0 bridgehead atoms. The van der Waals surface area contributed by atoms with Crippen LogP contribution in [0.15, 0.2) is 0 Å². The number of morpholine rings is 1. The molecule has 2 fully saturated rings. The van der Waals surface area contributed by atoms with E-state index in [0.29, 0.717) is 11.6 Å². The van der Waals surface area contributed by atoms with Crippen molar-refractivity contribution in [2.75, 3.05) is 13.2 Å². The van der Waals surface area contributed by atoms with Crippen LogP contribution >= 0.6 is 0 Å². The molecule has 0 amide bonds. The Balaban J connectivity index is 2.20. The minimum atomic E-state index is 0.144. The molecule has 2 heteroatoms. The molecule has 82 valence electrons. The molecule has 0 aromatic carbocycles. The number of ether oxygens (including phenoxy) is 1. The van der Waals surface area contributed by atoms with Gasteiger partial charge in [0, 0.05) is 18.1 Å². The van der Waals surface area contributed by atoms with Gasteiger partial charge in [-0.1, -0.05) is 0 Å². The summed E-state index contributed by atoms with van der Waals surface area (Å²) in [5, 5.41) is 0. The van der Waals surface area contributed by atoms with E-state index >= 15 is 0 Å². The fourth-order valence-corrected chi connectivity index (χ4v) is 3.11. The van der Waals surface area contributed by atoms with Crippen molar-refractivity contribution in [3.63, 3.8) is 0 Å². The molecular weight excluding hydrogens is 174 g/mol. The van der Waals surface area contributed by atoms with Gasteiger partial charge in [-0.3, -0.25) is 4.90 Å². The summed E-state index contributed by atoms with van der Waals surface area (Å²) in [7, 11) is 0. The van der Waals surface area contributed by atoms with Crippen LogP contribution in [0.25, 0.3) is 0 Å². The Morgan fingerprint density at radius 1 is 1.36 bits per heavy atom. The summed E-state index contributed by atoms with van der Waals surface area (Å²) in [5.74, 6) is 0. The SMILES string of the molecule is CC(C)(C)N1CCO[C@@]2(C)CCC[C@H]12. The van der Waals surface area contributed by atoms with E-state index in [1.807, 2.05) is 0 Å². The summed E-state index contributed by atoms with van der Waals surface area (Å²) in [5.41, 5.74) is 0.436. The first-order valence-corrected chi connectivity index (χ1v) is 5.84. The molecule has 2 rings (SSSR count). The van der Waals surface area contributed by atoms with E-state index in [-0.39, 0.29) is 5.60 Å². The quantitative estimate of drug-likeness (QED) is 0.591. The van der Waals surface area contributed by atoms with Gasteiger partial charge in [-0.25, -0.2) is 0 Å². The van der Waals surface area contributed by atoms with Crippen molar-refractivity contribution in [2.24, 2.45) is 0 Å². The van der Waals surface area contributed by atoms with Crippen molar-refractivity contribution in [1.29, 1.82) is 0 Å². The zero-order valence-corrected chi connectivity index (χ0v) is 9.97. The third-order valence-corrected chi connectivity index (χ3v) is 3.86. The van der Waals surface area contributed by atoms with Crippen LogP contribution in [0.3, 0.4) is 0 Å². The van der Waals surface area contributed by atoms with Crippen molar-refractivity contribution in [1.82, 2.24) is 4.90 Å². The van der Waals surface area contributed by atoms with Crippen LogP contribution < -0.4 is 0 Å². The van der Waals surface area contributed by atoms with E-state index in [2.05, 4.69) is 32.6 Å². The van der Waals surface area contributed by atoms with E-state index in [1.165, 1.54) is 19.3 Å². The van der Waals surface area contributed by atoms with Gasteiger partial charge in [-0.05, 0) is 47.0 Å². The van der Waals surface area contributed by atoms with Crippen LogP contribution in [-0.2, 0) is 4.74 Å². The van der Waals surface area contributed by atoms with Gasteiger partial charge in [0.1, 0.15) is 0 Å². The topological polar surface area (TPSA) is 12.5 Å². The van der Waals surface area contributed by atoms with E-state index in [4.69, 9.17) is 4.74 Å². The molecule has 2 atom stereocenters. The molecule has 2 nitrogen and oxygen atoms in total. The van der Waals surface area contributed by atoms with Crippen LogP contribution in [-0.4, -0.2) is 35.2 Å². The first kappa shape index (κ1) is 10.4. The maximum absolute atomic E-state index is 5.97. The number of fused-ring (bicyclic) bond motifs is 1. The average Bonchev–Trinajstić information content (AvgIpc) is 2.43. The van der Waals surface area contributed by atoms with Gasteiger partial charge in [0.05, 0.1) is 12.2 Å². The Morgan fingerprint density at radius 2 is 2.07 bits per heavy atom. The number of nitrogens with zero attached hydrogens (tertiary/aromatic N) is 1. The van der Waals surface area contributed by atoms with Crippen LogP contribution in [0.5, 0.6) is 0 Å². The molecule has 0 unspecified atom stereocenters. The zero-order chi connectivity index (χ0) is 10.4. The highest BCUT2D eigenvalue weighted by molar-refractivity contribution is 5.02. The van der Waals surface area contributed by atoms with Crippen molar-refractivity contribution in [2.45, 2.75) is 64.1 Å². The van der Waals surface area contributed by atoms with Gasteiger partial charge >= 0.3 is 0 Å². The predicted octanol–water partition coefficient (Wildman–Crippen LogP) is 2.43. The summed E-state index contributed by atoms with van der Waals surface area (Å²) in [6, 6.07) is 0.649. The molecule has 0 N–H and O–H groups in total. The largest absolute Gasteiger partial charge is 0.372 e. The highest BCUT2D eigenvalue weighted by Crippen LogP contribution is 2.41. The zero-order valence-electron chi connectivity index (χ0n) is 9.97. The summed E-state index contributed by atoms with van der Waals surface area (Å²) in [4.78, 5) is 2.64. The molecule has 0 aromatic heterocycles. The number of hydrogen-bond donors (Lipinski definition) is 0. The maximum atomic E-state index is 5.97. The van der Waals surface area contributed by atoms with Gasteiger partial charge in [0.25, 0.3) is 0 Å². The second-order valence-electron chi connectivity index (χ2n) is 5.93. The number of rotatable bonds is 0. The molecule has 0 aromatic rings. The van der Waals surface area contributed by atoms with Crippen LogP contribution in [0.4, 0.5) is 0 Å². The van der Waals surface area contributed by atoms with Gasteiger partial charge in [0.15, 0.2) is 0 Å². The summed E-state index contributed by atoms with van der Waals surface area (Å²) in [6.07, 6.45) is 3.88. The van der Waals surface area contributed by atoms with Gasteiger partial charge in [-0.2, -0.15) is 0 Å². The summed E-state index contributed by atoms with van der Waals surface area (Å²) in [6.45, 7) is 11.3. The van der Waals surface area contributed by atoms with Crippen molar-refractivity contribution < 1.29 is 4.74 Å². The second-order valence-corrected chi connectivity index (χ2v) is 5.93. The minimum Gasteiger partial charge on any atom is -0.372 e. The van der Waals surface area contributed by atoms with E-state index in [1.54, 1.807) is 0 Å². The standard InChI is InChI=1S/C12H23NO/c1-11(2,3)13-8-9-14-12(4)7-5-6-10(12)13/h10H,5-9H2,1-4H3/t10-,12-/m0/s1. The Hall–Kier alpha value is -0.0800. The molecule has 1 saturated carbocycles. The fraction of sp³-hybridized carbons (Fsp3) is 1.00. The molecule has 2 aliphatic rings. The number of hydrogen-bond acceptors (Lipinski definition) is 2. The normalized spacial score (nSPS) is 39.9. The lowest BCUT2D eigenvalue weighted by molar-refractivity contribution is -0.145. The molecule has 1 saturated heterocycles.